The van der Waals surface area contributed by atoms with E-state index in [0.29, 0.717) is 33.9 Å². The Morgan fingerprint density at radius 2 is 1.49 bits per heavy atom. The second-order valence-electron chi connectivity index (χ2n) is 12.0. The largest absolute Gasteiger partial charge is 0.748 e. The van der Waals surface area contributed by atoms with E-state index in [-0.39, 0.29) is 37.3 Å². The average Bonchev–Trinajstić information content (AvgIpc) is 3.25. The first-order valence-electron chi connectivity index (χ1n) is 14.0. The lowest BCUT2D eigenvalue weighted by Gasteiger charge is -2.27. The number of non-ortho nitro benzene ring substituents is 2. The van der Waals surface area contributed by atoms with E-state index in [0.717, 1.165) is 0 Å². The second-order valence-corrected chi connectivity index (χ2v) is 15.1. The quantitative estimate of drug-likeness (QED) is 0.147. The van der Waals surface area contributed by atoms with Crippen LogP contribution in [0.2, 0.25) is 0 Å². The molecule has 0 unspecified atom stereocenters. The maximum atomic E-state index is 11.5. The molecule has 2 heterocycles. The second kappa shape index (κ2) is 12.1. The Kier molecular flexibility index (Phi) is 9.09. The van der Waals surface area contributed by atoms with Crippen LogP contribution in [0.15, 0.2) is 60.3 Å². The van der Waals surface area contributed by atoms with Gasteiger partial charge in [0, 0.05) is 77.5 Å². The van der Waals surface area contributed by atoms with Gasteiger partial charge in [-0.25, -0.2) is 8.42 Å². The van der Waals surface area contributed by atoms with Crippen LogP contribution in [0.4, 0.5) is 22.7 Å². The third kappa shape index (κ3) is 7.13. The van der Waals surface area contributed by atoms with Crippen LogP contribution in [0.1, 0.15) is 51.7 Å². The van der Waals surface area contributed by atoms with Crippen molar-refractivity contribution in [2.45, 2.75) is 51.4 Å². The highest BCUT2D eigenvalue weighted by Gasteiger charge is 2.45. The van der Waals surface area contributed by atoms with Crippen molar-refractivity contribution in [1.29, 1.82) is 0 Å². The van der Waals surface area contributed by atoms with Crippen molar-refractivity contribution in [3.8, 4) is 0 Å². The van der Waals surface area contributed by atoms with Gasteiger partial charge in [-0.1, -0.05) is 19.9 Å². The fourth-order valence-electron chi connectivity index (χ4n) is 6.07. The lowest BCUT2D eigenvalue weighted by molar-refractivity contribution is -0.437. The minimum Gasteiger partial charge on any atom is -0.748 e. The van der Waals surface area contributed by atoms with Gasteiger partial charge in [-0.05, 0) is 38.0 Å². The summed E-state index contributed by atoms with van der Waals surface area (Å²) in [5, 5.41) is 23.0. The first kappa shape index (κ1) is 33.9. The van der Waals surface area contributed by atoms with Gasteiger partial charge in [0.2, 0.25) is 5.69 Å². The molecule has 0 bridgehead atoms. The minimum absolute atomic E-state index is 0.0272. The molecule has 0 spiro atoms. The molecular formula is C29H34N4O10S2. The van der Waals surface area contributed by atoms with E-state index in [1.807, 2.05) is 37.2 Å². The summed E-state index contributed by atoms with van der Waals surface area (Å²) in [5.41, 5.74) is 2.33. The van der Waals surface area contributed by atoms with E-state index in [4.69, 9.17) is 0 Å². The Bertz CT molecular complexity index is 1880. The summed E-state index contributed by atoms with van der Waals surface area (Å²) in [6, 6.07) is 8.91. The molecule has 14 nitrogen and oxygen atoms in total. The predicted molar refractivity (Wildman–Crippen MR) is 167 cm³/mol. The Hall–Kier alpha value is -3.99. The van der Waals surface area contributed by atoms with E-state index < -0.39 is 52.4 Å². The van der Waals surface area contributed by atoms with Crippen molar-refractivity contribution < 1.29 is 40.4 Å². The number of anilines is 1. The molecule has 242 valence electrons. The summed E-state index contributed by atoms with van der Waals surface area (Å²) in [5.74, 6) is -1.05. The van der Waals surface area contributed by atoms with Gasteiger partial charge in [0.1, 0.15) is 6.54 Å². The van der Waals surface area contributed by atoms with Crippen molar-refractivity contribution in [3.63, 3.8) is 0 Å². The fraction of sp³-hybridized carbons (Fsp3) is 0.414. The molecule has 0 atom stereocenters. The van der Waals surface area contributed by atoms with Gasteiger partial charge < -0.3 is 9.45 Å². The Labute approximate surface area is 261 Å². The van der Waals surface area contributed by atoms with E-state index in [2.05, 4.69) is 0 Å². The lowest BCUT2D eigenvalue weighted by Crippen LogP contribution is -2.29. The van der Waals surface area contributed by atoms with Gasteiger partial charge in [0.15, 0.2) is 5.71 Å². The highest BCUT2D eigenvalue weighted by atomic mass is 32.2. The molecule has 4 rings (SSSR count). The van der Waals surface area contributed by atoms with Crippen LogP contribution >= 0.6 is 0 Å². The van der Waals surface area contributed by atoms with Gasteiger partial charge in [0.05, 0.1) is 31.1 Å². The monoisotopic (exact) mass is 662 g/mol. The number of fused-ring (bicyclic) bond motifs is 2. The van der Waals surface area contributed by atoms with E-state index in [1.54, 1.807) is 30.4 Å². The van der Waals surface area contributed by atoms with Crippen molar-refractivity contribution in [3.05, 3.63) is 91.7 Å². The van der Waals surface area contributed by atoms with Gasteiger partial charge >= 0.3 is 0 Å². The summed E-state index contributed by atoms with van der Waals surface area (Å²) >= 11 is 0. The molecular weight excluding hydrogens is 628 g/mol. The molecule has 0 aliphatic carbocycles. The first-order valence-corrected chi connectivity index (χ1v) is 17.2. The number of nitro benzene ring substituents is 2. The molecule has 16 heteroatoms. The normalized spacial score (nSPS) is 18.1. The fourth-order valence-corrected chi connectivity index (χ4v) is 7.05. The standard InChI is InChI=1S/C29H34N4O10S2/c1-28(2)22-18-20(32(34)35)10-12-24(22)30(14-6-16-44(38,39)40)26(28)8-5-9-27-29(3,4)23-19-21(33(36)37)11-13-25(23)31(27)15-7-17-45(41,42)43/h5,8-13,18-19H,6-7,14-17H2,1-4H3,(H-,38,39,40,41,42,43). The van der Waals surface area contributed by atoms with E-state index >= 15 is 0 Å². The number of allylic oxidation sites excluding steroid dienone is 4. The highest BCUT2D eigenvalue weighted by molar-refractivity contribution is 7.85. The maximum absolute atomic E-state index is 11.5. The Morgan fingerprint density at radius 3 is 2.07 bits per heavy atom. The van der Waals surface area contributed by atoms with Crippen LogP contribution in [0.3, 0.4) is 0 Å². The summed E-state index contributed by atoms with van der Waals surface area (Å²) in [6.07, 6.45) is 5.46. The summed E-state index contributed by atoms with van der Waals surface area (Å²) in [7, 11) is -8.67. The average molecular weight is 663 g/mol. The molecule has 2 aromatic carbocycles. The van der Waals surface area contributed by atoms with E-state index in [9.17, 15) is 46.2 Å². The summed E-state index contributed by atoms with van der Waals surface area (Å²) in [6.45, 7) is 7.88. The van der Waals surface area contributed by atoms with Gasteiger partial charge in [-0.2, -0.15) is 13.0 Å². The number of nitro groups is 2. The van der Waals surface area contributed by atoms with Crippen LogP contribution in [0, 0.1) is 20.2 Å². The maximum Gasteiger partial charge on any atom is 0.270 e. The van der Waals surface area contributed by atoms with Crippen molar-refractivity contribution in [2.75, 3.05) is 29.5 Å². The molecule has 2 aliphatic rings. The van der Waals surface area contributed by atoms with Crippen LogP contribution in [-0.4, -0.2) is 70.7 Å². The zero-order valence-electron chi connectivity index (χ0n) is 25.2. The summed E-state index contributed by atoms with van der Waals surface area (Å²) < 4.78 is 67.8. The van der Waals surface area contributed by atoms with Crippen LogP contribution in [0.25, 0.3) is 0 Å². The molecule has 0 radical (unpaired) electrons. The molecule has 0 amide bonds. The van der Waals surface area contributed by atoms with Gasteiger partial charge in [0.25, 0.3) is 21.5 Å². The Balaban J connectivity index is 1.79. The highest BCUT2D eigenvalue weighted by Crippen LogP contribution is 2.49. The lowest BCUT2D eigenvalue weighted by atomic mass is 9.81. The Morgan fingerprint density at radius 1 is 0.889 bits per heavy atom. The van der Waals surface area contributed by atoms with Gasteiger partial charge in [-0.3, -0.25) is 24.8 Å². The zero-order chi connectivity index (χ0) is 33.5. The molecule has 0 fully saturated rings. The molecule has 0 saturated heterocycles. The SMILES string of the molecule is CC1(C)C(/C=C/C=C2\N(CCCS(=O)(=O)O)c3ccc([N+](=O)[O-])cc3C2(C)C)=[N+](CCCS(=O)(=O)[O-])c2ccc([N+](=O)[O-])cc21. The smallest absolute Gasteiger partial charge is 0.270 e. The van der Waals surface area contributed by atoms with E-state index in [1.165, 1.54) is 24.3 Å². The first-order chi connectivity index (χ1) is 20.7. The van der Waals surface area contributed by atoms with Crippen molar-refractivity contribution >= 4 is 48.7 Å². The van der Waals surface area contributed by atoms with Crippen LogP contribution in [-0.2, 0) is 31.1 Å². The van der Waals surface area contributed by atoms with Crippen LogP contribution in [0.5, 0.6) is 0 Å². The minimum atomic E-state index is -4.46. The molecule has 2 aromatic rings. The third-order valence-corrected chi connectivity index (χ3v) is 9.83. The number of hydrogen-bond acceptors (Lipinski definition) is 10. The molecule has 45 heavy (non-hydrogen) atoms. The van der Waals surface area contributed by atoms with Gasteiger partial charge in [-0.15, -0.1) is 0 Å². The number of hydrogen-bond donors (Lipinski definition) is 1. The summed E-state index contributed by atoms with van der Waals surface area (Å²) in [4.78, 5) is 23.9. The molecule has 2 aliphatic heterocycles. The topological polar surface area (TPSA) is 204 Å². The third-order valence-electron chi connectivity index (χ3n) is 8.24. The van der Waals surface area contributed by atoms with Crippen molar-refractivity contribution in [1.82, 2.24) is 0 Å². The number of rotatable bonds is 12. The zero-order valence-corrected chi connectivity index (χ0v) is 26.8. The molecule has 0 aromatic heterocycles. The molecule has 1 N–H and O–H groups in total. The molecule has 0 saturated carbocycles. The van der Waals surface area contributed by atoms with Crippen molar-refractivity contribution in [2.24, 2.45) is 0 Å². The number of nitrogens with zero attached hydrogens (tertiary/aromatic N) is 4. The van der Waals surface area contributed by atoms with Crippen LogP contribution < -0.4 is 4.90 Å². The number of benzene rings is 2. The predicted octanol–water partition coefficient (Wildman–Crippen LogP) is 4.33.